The molecule has 0 spiro atoms. The second-order valence-electron chi connectivity index (χ2n) is 3.92. The topological polar surface area (TPSA) is 46.1 Å². The first-order valence-electron chi connectivity index (χ1n) is 5.47. The molecule has 0 unspecified atom stereocenters. The van der Waals surface area contributed by atoms with Gasteiger partial charge in [0.05, 0.1) is 0 Å². The lowest BCUT2D eigenvalue weighted by Crippen LogP contribution is -2.45. The minimum Gasteiger partial charge on any atom is -0.334 e. The van der Waals surface area contributed by atoms with Crippen molar-refractivity contribution in [3.05, 3.63) is 11.1 Å². The number of alkyl halides is 1. The molecule has 1 aromatic heterocycles. The molecule has 2 rings (SSSR count). The largest absolute Gasteiger partial charge is 0.334 e. The lowest BCUT2D eigenvalue weighted by Gasteiger charge is -2.37. The van der Waals surface area contributed by atoms with Crippen LogP contribution in [0.15, 0.2) is 5.38 Å². The molecule has 0 aromatic carbocycles. The predicted octanol–water partition coefficient (Wildman–Crippen LogP) is 2.32. The van der Waals surface area contributed by atoms with E-state index in [4.69, 9.17) is 0 Å². The molecule has 0 saturated heterocycles. The molecule has 1 aromatic rings. The van der Waals surface area contributed by atoms with Crippen LogP contribution in [0.3, 0.4) is 0 Å². The summed E-state index contributed by atoms with van der Waals surface area (Å²) in [6, 6.07) is 0.424. The van der Waals surface area contributed by atoms with Crippen LogP contribution in [0.2, 0.25) is 0 Å². The molecular weight excluding hydrogens is 290 g/mol. The van der Waals surface area contributed by atoms with Gasteiger partial charge >= 0.3 is 0 Å². The Balaban J connectivity index is 2.02. The molecule has 1 fully saturated rings. The van der Waals surface area contributed by atoms with Crippen LogP contribution in [-0.2, 0) is 0 Å². The van der Waals surface area contributed by atoms with E-state index in [0.717, 1.165) is 31.1 Å². The highest BCUT2D eigenvalue weighted by molar-refractivity contribution is 9.09. The van der Waals surface area contributed by atoms with Gasteiger partial charge in [-0.25, -0.2) is 0 Å². The smallest absolute Gasteiger partial charge is 0.275 e. The van der Waals surface area contributed by atoms with Crippen LogP contribution in [0.5, 0.6) is 0 Å². The molecule has 6 heteroatoms. The van der Waals surface area contributed by atoms with Crippen molar-refractivity contribution in [2.24, 2.45) is 0 Å². The summed E-state index contributed by atoms with van der Waals surface area (Å²) in [7, 11) is 0. The van der Waals surface area contributed by atoms with Gasteiger partial charge in [-0.3, -0.25) is 4.79 Å². The van der Waals surface area contributed by atoms with E-state index < -0.39 is 0 Å². The monoisotopic (exact) mass is 303 g/mol. The number of carbonyl (C=O) groups is 1. The third kappa shape index (κ3) is 2.60. The van der Waals surface area contributed by atoms with E-state index in [1.807, 2.05) is 4.90 Å². The highest BCUT2D eigenvalue weighted by atomic mass is 79.9. The van der Waals surface area contributed by atoms with E-state index in [1.165, 1.54) is 18.0 Å². The summed E-state index contributed by atoms with van der Waals surface area (Å²) >= 11 is 4.63. The van der Waals surface area contributed by atoms with Gasteiger partial charge in [-0.15, -0.1) is 5.10 Å². The maximum atomic E-state index is 12.2. The first kappa shape index (κ1) is 12.0. The fourth-order valence-corrected chi connectivity index (χ4v) is 2.46. The number of carbonyl (C=O) groups excluding carboxylic acids is 1. The van der Waals surface area contributed by atoms with Gasteiger partial charge < -0.3 is 4.90 Å². The van der Waals surface area contributed by atoms with Crippen LogP contribution in [-0.4, -0.2) is 38.3 Å². The van der Waals surface area contributed by atoms with Gasteiger partial charge in [0.2, 0.25) is 0 Å². The summed E-state index contributed by atoms with van der Waals surface area (Å²) < 4.78 is 3.74. The van der Waals surface area contributed by atoms with E-state index in [0.29, 0.717) is 11.7 Å². The van der Waals surface area contributed by atoms with Crippen LogP contribution in [0.25, 0.3) is 0 Å². The highest BCUT2D eigenvalue weighted by Gasteiger charge is 2.29. The Morgan fingerprint density at radius 3 is 2.94 bits per heavy atom. The first-order valence-corrected chi connectivity index (χ1v) is 7.42. The van der Waals surface area contributed by atoms with Crippen molar-refractivity contribution in [1.29, 1.82) is 0 Å². The number of amides is 1. The van der Waals surface area contributed by atoms with Gasteiger partial charge in [-0.1, -0.05) is 20.4 Å². The summed E-state index contributed by atoms with van der Waals surface area (Å²) in [5.74, 6) is 0.0411. The Morgan fingerprint density at radius 1 is 1.62 bits per heavy atom. The number of aromatic nitrogens is 2. The van der Waals surface area contributed by atoms with Crippen LogP contribution in [0, 0.1) is 0 Å². The molecular formula is C10H14BrN3OS. The van der Waals surface area contributed by atoms with Crippen molar-refractivity contribution < 1.29 is 4.79 Å². The number of halogens is 1. The molecule has 1 heterocycles. The Bertz CT molecular complexity index is 340. The minimum absolute atomic E-state index is 0.0411. The third-order valence-electron chi connectivity index (χ3n) is 2.89. The summed E-state index contributed by atoms with van der Waals surface area (Å²) in [6.45, 7) is 0.812. The zero-order valence-corrected chi connectivity index (χ0v) is 11.3. The van der Waals surface area contributed by atoms with Crippen molar-refractivity contribution in [3.63, 3.8) is 0 Å². The maximum absolute atomic E-state index is 12.2. The van der Waals surface area contributed by atoms with Crippen molar-refractivity contribution in [2.45, 2.75) is 31.7 Å². The van der Waals surface area contributed by atoms with Crippen LogP contribution in [0.1, 0.15) is 36.2 Å². The van der Waals surface area contributed by atoms with Crippen molar-refractivity contribution in [2.75, 3.05) is 11.9 Å². The standard InChI is InChI=1S/C10H14BrN3OS/c11-5-2-6-14(8-3-1-4-8)10(15)9-7-16-13-12-9/h7-8H,1-6H2. The van der Waals surface area contributed by atoms with Crippen LogP contribution >= 0.6 is 27.5 Å². The molecule has 4 nitrogen and oxygen atoms in total. The highest BCUT2D eigenvalue weighted by Crippen LogP contribution is 2.26. The Morgan fingerprint density at radius 2 is 2.44 bits per heavy atom. The quantitative estimate of drug-likeness (QED) is 0.784. The van der Waals surface area contributed by atoms with Crippen molar-refractivity contribution >= 4 is 33.4 Å². The zero-order chi connectivity index (χ0) is 11.4. The number of hydrogen-bond donors (Lipinski definition) is 0. The van der Waals surface area contributed by atoms with Crippen molar-refractivity contribution in [3.8, 4) is 0 Å². The number of nitrogens with zero attached hydrogens (tertiary/aromatic N) is 3. The summed E-state index contributed by atoms with van der Waals surface area (Å²) in [5.41, 5.74) is 0.492. The molecule has 0 aliphatic heterocycles. The normalized spacial score (nSPS) is 15.8. The first-order chi connectivity index (χ1) is 7.83. The molecule has 1 aliphatic rings. The summed E-state index contributed by atoms with van der Waals surface area (Å²) in [4.78, 5) is 14.1. The van der Waals surface area contributed by atoms with Gasteiger partial charge in [-0.2, -0.15) is 0 Å². The molecule has 0 radical (unpaired) electrons. The van der Waals surface area contributed by atoms with Gasteiger partial charge in [-0.05, 0) is 37.2 Å². The third-order valence-corrected chi connectivity index (χ3v) is 3.95. The van der Waals surface area contributed by atoms with E-state index in [2.05, 4.69) is 25.5 Å². The fraction of sp³-hybridized carbons (Fsp3) is 0.700. The summed E-state index contributed by atoms with van der Waals surface area (Å²) in [5, 5.41) is 6.51. The summed E-state index contributed by atoms with van der Waals surface area (Å²) in [6.07, 6.45) is 4.48. The second kappa shape index (κ2) is 5.72. The van der Waals surface area contributed by atoms with Crippen molar-refractivity contribution in [1.82, 2.24) is 14.5 Å². The van der Waals surface area contributed by atoms with E-state index in [1.54, 1.807) is 5.38 Å². The van der Waals surface area contributed by atoms with E-state index >= 15 is 0 Å². The van der Waals surface area contributed by atoms with Gasteiger partial charge in [0.25, 0.3) is 5.91 Å². The molecule has 1 saturated carbocycles. The zero-order valence-electron chi connectivity index (χ0n) is 8.93. The van der Waals surface area contributed by atoms with Crippen LogP contribution < -0.4 is 0 Å². The van der Waals surface area contributed by atoms with Gasteiger partial charge in [0.15, 0.2) is 5.69 Å². The Hall–Kier alpha value is -0.490. The van der Waals surface area contributed by atoms with Gasteiger partial charge in [0.1, 0.15) is 0 Å². The molecule has 88 valence electrons. The molecule has 16 heavy (non-hydrogen) atoms. The average Bonchev–Trinajstić information content (AvgIpc) is 2.73. The SMILES string of the molecule is O=C(c1csnn1)N(CCCBr)C1CCC1. The molecule has 0 N–H and O–H groups in total. The predicted molar refractivity (Wildman–Crippen MR) is 67.0 cm³/mol. The average molecular weight is 304 g/mol. The second-order valence-corrected chi connectivity index (χ2v) is 5.32. The Kier molecular flexibility index (Phi) is 4.29. The lowest BCUT2D eigenvalue weighted by atomic mass is 9.91. The number of rotatable bonds is 5. The molecule has 0 bridgehead atoms. The number of hydrogen-bond acceptors (Lipinski definition) is 4. The lowest BCUT2D eigenvalue weighted by molar-refractivity contribution is 0.0575. The van der Waals surface area contributed by atoms with E-state index in [9.17, 15) is 4.79 Å². The van der Waals surface area contributed by atoms with Gasteiger partial charge in [0, 0.05) is 23.3 Å². The minimum atomic E-state index is 0.0411. The molecule has 0 atom stereocenters. The molecule has 1 aliphatic carbocycles. The van der Waals surface area contributed by atoms with Crippen LogP contribution in [0.4, 0.5) is 0 Å². The molecule has 1 amide bonds. The van der Waals surface area contributed by atoms with E-state index in [-0.39, 0.29) is 5.91 Å². The Labute approximate surface area is 107 Å². The fourth-order valence-electron chi connectivity index (χ4n) is 1.78. The maximum Gasteiger partial charge on any atom is 0.275 e.